The Hall–Kier alpha value is -3.42. The van der Waals surface area contributed by atoms with Gasteiger partial charge in [-0.25, -0.2) is 9.67 Å². The third kappa shape index (κ3) is 4.35. The lowest BCUT2D eigenvalue weighted by Crippen LogP contribution is -2.44. The average Bonchev–Trinajstić information content (AvgIpc) is 3.34. The van der Waals surface area contributed by atoms with Crippen LogP contribution in [0.1, 0.15) is 28.4 Å². The van der Waals surface area contributed by atoms with E-state index in [0.29, 0.717) is 18.7 Å². The van der Waals surface area contributed by atoms with Crippen molar-refractivity contribution >= 4 is 11.8 Å². The summed E-state index contributed by atoms with van der Waals surface area (Å²) in [6.45, 7) is 2.56. The number of rotatable bonds is 7. The summed E-state index contributed by atoms with van der Waals surface area (Å²) in [6, 6.07) is 8.65. The van der Waals surface area contributed by atoms with E-state index in [2.05, 4.69) is 20.7 Å². The van der Waals surface area contributed by atoms with Gasteiger partial charge in [-0.1, -0.05) is 24.3 Å². The molecule has 2 aromatic heterocycles. The van der Waals surface area contributed by atoms with Crippen LogP contribution in [-0.4, -0.2) is 32.6 Å². The third-order valence-corrected chi connectivity index (χ3v) is 3.89. The summed E-state index contributed by atoms with van der Waals surface area (Å²) in [6.07, 6.45) is 5.86. The minimum Gasteiger partial charge on any atom is -0.472 e. The highest BCUT2D eigenvalue weighted by molar-refractivity contribution is 5.97. The molecular weight excluding hydrogens is 334 g/mol. The summed E-state index contributed by atoms with van der Waals surface area (Å²) >= 11 is 0. The van der Waals surface area contributed by atoms with E-state index in [9.17, 15) is 9.59 Å². The first-order valence-electron chi connectivity index (χ1n) is 8.13. The van der Waals surface area contributed by atoms with Crippen molar-refractivity contribution in [3.63, 3.8) is 0 Å². The van der Waals surface area contributed by atoms with Gasteiger partial charge >= 0.3 is 0 Å². The number of amides is 2. The first-order valence-corrected chi connectivity index (χ1v) is 8.13. The molecule has 1 atom stereocenters. The minimum absolute atomic E-state index is 0.266. The van der Waals surface area contributed by atoms with Crippen LogP contribution in [0.3, 0.4) is 0 Å². The number of hydrogen-bond acceptors (Lipinski definition) is 5. The molecule has 3 rings (SSSR count). The van der Waals surface area contributed by atoms with Crippen molar-refractivity contribution < 1.29 is 14.0 Å². The van der Waals surface area contributed by atoms with Crippen LogP contribution in [0.4, 0.5) is 0 Å². The van der Waals surface area contributed by atoms with Gasteiger partial charge in [-0.3, -0.25) is 9.59 Å². The molecule has 3 aromatic rings. The number of nitrogens with one attached hydrogen (secondary N) is 2. The molecule has 0 fully saturated rings. The smallest absolute Gasteiger partial charge is 0.255 e. The van der Waals surface area contributed by atoms with Gasteiger partial charge in [-0.15, -0.1) is 0 Å². The Morgan fingerprint density at radius 2 is 2.04 bits per heavy atom. The molecule has 0 saturated heterocycles. The Morgan fingerprint density at radius 3 is 2.73 bits per heavy atom. The topological polar surface area (TPSA) is 102 Å². The van der Waals surface area contributed by atoms with Gasteiger partial charge < -0.3 is 15.1 Å². The summed E-state index contributed by atoms with van der Waals surface area (Å²) in [5, 5.41) is 9.58. The first kappa shape index (κ1) is 17.4. The van der Waals surface area contributed by atoms with Gasteiger partial charge in [0.25, 0.3) is 5.91 Å². The SMILES string of the molecule is CC(NC(=O)c1ccoc1)C(=O)NCc1ccccc1Cn1cncn1. The van der Waals surface area contributed by atoms with E-state index in [1.54, 1.807) is 24.0 Å². The lowest BCUT2D eigenvalue weighted by molar-refractivity contribution is -0.122. The summed E-state index contributed by atoms with van der Waals surface area (Å²) in [7, 11) is 0. The van der Waals surface area contributed by atoms with Gasteiger partial charge in [0.2, 0.25) is 5.91 Å². The van der Waals surface area contributed by atoms with Crippen molar-refractivity contribution in [1.29, 1.82) is 0 Å². The molecule has 1 unspecified atom stereocenters. The second-order valence-electron chi connectivity index (χ2n) is 5.79. The highest BCUT2D eigenvalue weighted by Gasteiger charge is 2.17. The average molecular weight is 353 g/mol. The summed E-state index contributed by atoms with van der Waals surface area (Å²) in [4.78, 5) is 28.2. The molecule has 0 saturated carbocycles. The Kier molecular flexibility index (Phi) is 5.43. The molecule has 0 radical (unpaired) electrons. The molecule has 0 aliphatic carbocycles. The van der Waals surface area contributed by atoms with Crippen LogP contribution >= 0.6 is 0 Å². The van der Waals surface area contributed by atoms with Gasteiger partial charge in [0.1, 0.15) is 25.0 Å². The Bertz CT molecular complexity index is 859. The molecule has 0 bridgehead atoms. The minimum atomic E-state index is -0.667. The normalized spacial score (nSPS) is 11.7. The van der Waals surface area contributed by atoms with Gasteiger partial charge in [0, 0.05) is 6.54 Å². The Morgan fingerprint density at radius 1 is 1.23 bits per heavy atom. The highest BCUT2D eigenvalue weighted by Crippen LogP contribution is 2.10. The predicted molar refractivity (Wildman–Crippen MR) is 93.0 cm³/mol. The van der Waals surface area contributed by atoms with Crippen LogP contribution in [0.25, 0.3) is 0 Å². The highest BCUT2D eigenvalue weighted by atomic mass is 16.3. The fourth-order valence-corrected chi connectivity index (χ4v) is 2.45. The quantitative estimate of drug-likeness (QED) is 0.668. The van der Waals surface area contributed by atoms with Crippen molar-refractivity contribution in [2.75, 3.05) is 0 Å². The molecule has 0 aliphatic rings. The van der Waals surface area contributed by atoms with Crippen molar-refractivity contribution in [1.82, 2.24) is 25.4 Å². The van der Waals surface area contributed by atoms with E-state index in [4.69, 9.17) is 4.42 Å². The number of furan rings is 1. The number of carbonyl (C=O) groups is 2. The molecule has 0 spiro atoms. The molecular formula is C18H19N5O3. The molecule has 26 heavy (non-hydrogen) atoms. The third-order valence-electron chi connectivity index (χ3n) is 3.89. The number of aromatic nitrogens is 3. The maximum Gasteiger partial charge on any atom is 0.255 e. The molecule has 2 N–H and O–H groups in total. The van der Waals surface area contributed by atoms with Crippen molar-refractivity contribution in [3.05, 3.63) is 72.2 Å². The van der Waals surface area contributed by atoms with E-state index in [-0.39, 0.29) is 11.8 Å². The second kappa shape index (κ2) is 8.11. The number of nitrogens with zero attached hydrogens (tertiary/aromatic N) is 3. The maximum atomic E-state index is 12.3. The van der Waals surface area contributed by atoms with E-state index < -0.39 is 6.04 Å². The standard InChI is InChI=1S/C18H19N5O3/c1-13(22-18(25)16-6-7-26-10-16)17(24)20-8-14-4-2-3-5-15(14)9-23-12-19-11-21-23/h2-7,10-13H,8-9H2,1H3,(H,20,24)(H,22,25). The van der Waals surface area contributed by atoms with Crippen LogP contribution in [0.2, 0.25) is 0 Å². The van der Waals surface area contributed by atoms with Crippen LogP contribution in [-0.2, 0) is 17.9 Å². The largest absolute Gasteiger partial charge is 0.472 e. The molecule has 8 heteroatoms. The first-order chi connectivity index (χ1) is 12.6. The van der Waals surface area contributed by atoms with E-state index in [1.807, 2.05) is 24.3 Å². The monoisotopic (exact) mass is 353 g/mol. The van der Waals surface area contributed by atoms with Crippen LogP contribution < -0.4 is 10.6 Å². The van der Waals surface area contributed by atoms with Gasteiger partial charge in [0.05, 0.1) is 18.4 Å². The van der Waals surface area contributed by atoms with Crippen molar-refractivity contribution in [2.24, 2.45) is 0 Å². The Labute approximate surface area is 150 Å². The van der Waals surface area contributed by atoms with Crippen LogP contribution in [0, 0.1) is 0 Å². The zero-order valence-corrected chi connectivity index (χ0v) is 14.3. The molecule has 8 nitrogen and oxygen atoms in total. The molecule has 134 valence electrons. The maximum absolute atomic E-state index is 12.3. The zero-order chi connectivity index (χ0) is 18.4. The fraction of sp³-hybridized carbons (Fsp3) is 0.222. The number of hydrogen-bond donors (Lipinski definition) is 2. The van der Waals surface area contributed by atoms with Crippen molar-refractivity contribution in [2.45, 2.75) is 26.1 Å². The predicted octanol–water partition coefficient (Wildman–Crippen LogP) is 1.35. The lowest BCUT2D eigenvalue weighted by atomic mass is 10.1. The zero-order valence-electron chi connectivity index (χ0n) is 14.3. The van der Waals surface area contributed by atoms with E-state index in [0.717, 1.165) is 11.1 Å². The molecule has 0 aliphatic heterocycles. The molecule has 2 amide bonds. The van der Waals surface area contributed by atoms with E-state index >= 15 is 0 Å². The van der Waals surface area contributed by atoms with Gasteiger partial charge in [-0.05, 0) is 24.1 Å². The van der Waals surface area contributed by atoms with Gasteiger partial charge in [-0.2, -0.15) is 5.10 Å². The fourth-order valence-electron chi connectivity index (χ4n) is 2.45. The number of benzene rings is 1. The second-order valence-corrected chi connectivity index (χ2v) is 5.79. The van der Waals surface area contributed by atoms with Crippen LogP contribution in [0.5, 0.6) is 0 Å². The summed E-state index contributed by atoms with van der Waals surface area (Å²) < 4.78 is 6.58. The van der Waals surface area contributed by atoms with Crippen LogP contribution in [0.15, 0.2) is 59.9 Å². The molecule has 1 aromatic carbocycles. The van der Waals surface area contributed by atoms with Crippen molar-refractivity contribution in [3.8, 4) is 0 Å². The lowest BCUT2D eigenvalue weighted by Gasteiger charge is -2.15. The number of carbonyl (C=O) groups excluding carboxylic acids is 2. The van der Waals surface area contributed by atoms with Gasteiger partial charge in [0.15, 0.2) is 0 Å². The molecule has 2 heterocycles. The summed E-state index contributed by atoms with van der Waals surface area (Å²) in [5.74, 6) is -0.620. The summed E-state index contributed by atoms with van der Waals surface area (Å²) in [5.41, 5.74) is 2.39. The Balaban J connectivity index is 1.56. The van der Waals surface area contributed by atoms with E-state index in [1.165, 1.54) is 18.9 Å².